The van der Waals surface area contributed by atoms with E-state index in [-0.39, 0.29) is 23.7 Å². The molecule has 2 N–H and O–H groups in total. The minimum atomic E-state index is -0.969. The molecule has 0 aliphatic carbocycles. The maximum atomic E-state index is 13.5. The van der Waals surface area contributed by atoms with Gasteiger partial charge >= 0.3 is 0 Å². The van der Waals surface area contributed by atoms with E-state index in [1.165, 1.54) is 11.9 Å². The summed E-state index contributed by atoms with van der Waals surface area (Å²) in [5.41, 5.74) is 4.70. The average molecular weight is 253 g/mol. The van der Waals surface area contributed by atoms with Gasteiger partial charge < -0.3 is 10.6 Å². The highest BCUT2D eigenvalue weighted by atomic mass is 19.1. The molecular weight excluding hydrogens is 240 g/mol. The summed E-state index contributed by atoms with van der Waals surface area (Å²) in [7, 11) is 1.44. The molecule has 0 fully saturated rings. The van der Waals surface area contributed by atoms with E-state index in [0.717, 1.165) is 6.07 Å². The molecule has 6 heteroatoms. The fourth-order valence-electron chi connectivity index (χ4n) is 1.47. The molecule has 1 aromatic carbocycles. The molecule has 0 saturated carbocycles. The van der Waals surface area contributed by atoms with Crippen molar-refractivity contribution in [2.45, 2.75) is 6.92 Å². The third kappa shape index (κ3) is 2.94. The van der Waals surface area contributed by atoms with Crippen molar-refractivity contribution in [2.75, 3.05) is 19.3 Å². The highest BCUT2D eigenvalue weighted by Crippen LogP contribution is 2.18. The number of hydrogen-bond donors (Lipinski definition) is 1. The first kappa shape index (κ1) is 13.9. The van der Waals surface area contributed by atoms with E-state index in [9.17, 15) is 13.6 Å². The van der Waals surface area contributed by atoms with Gasteiger partial charge in [-0.05, 0) is 13.0 Å². The van der Waals surface area contributed by atoms with E-state index in [2.05, 4.69) is 0 Å². The van der Waals surface area contributed by atoms with Gasteiger partial charge in [-0.3, -0.25) is 4.79 Å². The van der Waals surface area contributed by atoms with E-state index in [4.69, 9.17) is 11.0 Å². The van der Waals surface area contributed by atoms with Crippen LogP contribution in [0.3, 0.4) is 0 Å². The normalized spacial score (nSPS) is 11.7. The molecule has 0 heterocycles. The molecule has 1 unspecified atom stereocenters. The topological polar surface area (TPSA) is 70.1 Å². The van der Waals surface area contributed by atoms with Crippen molar-refractivity contribution in [3.63, 3.8) is 0 Å². The lowest BCUT2D eigenvalue weighted by molar-refractivity contribution is 0.0780. The molecular formula is C12H13F2N3O. The summed E-state index contributed by atoms with van der Waals surface area (Å²) >= 11 is 0. The average Bonchev–Trinajstić information content (AvgIpc) is 2.32. The van der Waals surface area contributed by atoms with Gasteiger partial charge in [0.2, 0.25) is 0 Å². The van der Waals surface area contributed by atoms with Gasteiger partial charge in [0.25, 0.3) is 5.91 Å². The van der Waals surface area contributed by atoms with Gasteiger partial charge in [0.1, 0.15) is 11.6 Å². The lowest BCUT2D eigenvalue weighted by Gasteiger charge is -2.18. The number of nitrogen functional groups attached to an aromatic ring is 1. The number of halogens is 2. The van der Waals surface area contributed by atoms with E-state index in [1.54, 1.807) is 6.92 Å². The summed E-state index contributed by atoms with van der Waals surface area (Å²) in [6, 6.07) is 3.50. The smallest absolute Gasteiger partial charge is 0.256 e. The minimum absolute atomic E-state index is 0.159. The molecule has 18 heavy (non-hydrogen) atoms. The second kappa shape index (κ2) is 5.45. The SMILES string of the molecule is CC(C#N)CN(C)C(=O)c1cc(N)c(F)cc1F. The summed E-state index contributed by atoms with van der Waals surface area (Å²) < 4.78 is 26.4. The Kier molecular flexibility index (Phi) is 4.21. The number of anilines is 1. The molecule has 4 nitrogen and oxygen atoms in total. The zero-order valence-corrected chi connectivity index (χ0v) is 10.1. The lowest BCUT2D eigenvalue weighted by Crippen LogP contribution is -2.31. The molecule has 0 aliphatic heterocycles. The van der Waals surface area contributed by atoms with E-state index in [1.807, 2.05) is 6.07 Å². The summed E-state index contributed by atoms with van der Waals surface area (Å²) in [5.74, 6) is -2.89. The van der Waals surface area contributed by atoms with Crippen LogP contribution in [-0.2, 0) is 0 Å². The molecule has 0 aliphatic rings. The molecule has 1 atom stereocenters. The number of carbonyl (C=O) groups excluding carboxylic acids is 1. The third-order valence-corrected chi connectivity index (χ3v) is 2.43. The van der Waals surface area contributed by atoms with Crippen LogP contribution < -0.4 is 5.73 Å². The Labute approximate surface area is 104 Å². The van der Waals surface area contributed by atoms with Crippen LogP contribution in [0.4, 0.5) is 14.5 Å². The Morgan fingerprint density at radius 1 is 1.50 bits per heavy atom. The summed E-state index contributed by atoms with van der Waals surface area (Å²) in [4.78, 5) is 13.1. The van der Waals surface area contributed by atoms with Gasteiger partial charge in [-0.15, -0.1) is 0 Å². The number of rotatable bonds is 3. The Morgan fingerprint density at radius 3 is 2.67 bits per heavy atom. The molecule has 0 aromatic heterocycles. The van der Waals surface area contributed by atoms with Crippen LogP contribution in [-0.4, -0.2) is 24.4 Å². The number of hydrogen-bond acceptors (Lipinski definition) is 3. The van der Waals surface area contributed by atoms with Gasteiger partial charge in [-0.1, -0.05) is 0 Å². The van der Waals surface area contributed by atoms with Crippen LogP contribution in [0.2, 0.25) is 0 Å². The van der Waals surface area contributed by atoms with Crippen molar-refractivity contribution in [1.82, 2.24) is 4.90 Å². The van der Waals surface area contributed by atoms with Crippen LogP contribution in [0.25, 0.3) is 0 Å². The van der Waals surface area contributed by atoms with E-state index >= 15 is 0 Å². The molecule has 0 saturated heterocycles. The summed E-state index contributed by atoms with van der Waals surface area (Å²) in [5, 5.41) is 8.64. The van der Waals surface area contributed by atoms with E-state index < -0.39 is 17.5 Å². The molecule has 1 amide bonds. The molecule has 0 radical (unpaired) electrons. The monoisotopic (exact) mass is 253 g/mol. The largest absolute Gasteiger partial charge is 0.396 e. The maximum absolute atomic E-state index is 13.5. The van der Waals surface area contributed by atoms with Crippen LogP contribution in [0.5, 0.6) is 0 Å². The van der Waals surface area contributed by atoms with Crippen LogP contribution >= 0.6 is 0 Å². The lowest BCUT2D eigenvalue weighted by atomic mass is 10.1. The fourth-order valence-corrected chi connectivity index (χ4v) is 1.47. The molecule has 1 aromatic rings. The van der Waals surface area contributed by atoms with Crippen molar-refractivity contribution in [3.05, 3.63) is 29.3 Å². The number of benzene rings is 1. The second-order valence-corrected chi connectivity index (χ2v) is 4.07. The maximum Gasteiger partial charge on any atom is 0.256 e. The second-order valence-electron chi connectivity index (χ2n) is 4.07. The highest BCUT2D eigenvalue weighted by molar-refractivity contribution is 5.95. The number of amides is 1. The number of nitrogens with two attached hydrogens (primary N) is 1. The van der Waals surface area contributed by atoms with Gasteiger partial charge in [0, 0.05) is 19.7 Å². The first-order valence-electron chi connectivity index (χ1n) is 5.26. The predicted molar refractivity (Wildman–Crippen MR) is 62.5 cm³/mol. The Balaban J connectivity index is 2.98. The Bertz CT molecular complexity index is 511. The Morgan fingerprint density at radius 2 is 2.11 bits per heavy atom. The molecule has 96 valence electrons. The van der Waals surface area contributed by atoms with Crippen LogP contribution in [0.1, 0.15) is 17.3 Å². The summed E-state index contributed by atoms with van der Waals surface area (Å²) in [6.07, 6.45) is 0. The standard InChI is InChI=1S/C12H13F2N3O/c1-7(5-15)6-17(2)12(18)8-3-11(16)10(14)4-9(8)13/h3-4,7H,6,16H2,1-2H3. The zero-order chi connectivity index (χ0) is 13.9. The van der Waals surface area contributed by atoms with Gasteiger partial charge in [-0.2, -0.15) is 5.26 Å². The van der Waals surface area contributed by atoms with Crippen molar-refractivity contribution in [1.29, 1.82) is 5.26 Å². The first-order valence-corrected chi connectivity index (χ1v) is 5.26. The third-order valence-electron chi connectivity index (χ3n) is 2.43. The minimum Gasteiger partial charge on any atom is -0.396 e. The Hall–Kier alpha value is -2.16. The molecule has 0 bridgehead atoms. The van der Waals surface area contributed by atoms with Crippen molar-refractivity contribution in [2.24, 2.45) is 5.92 Å². The van der Waals surface area contributed by atoms with Gasteiger partial charge in [-0.25, -0.2) is 8.78 Å². The predicted octanol–water partition coefficient (Wildman–Crippen LogP) is 1.78. The quantitative estimate of drug-likeness (QED) is 0.835. The number of carbonyl (C=O) groups is 1. The molecule has 1 rings (SSSR count). The highest BCUT2D eigenvalue weighted by Gasteiger charge is 2.19. The van der Waals surface area contributed by atoms with E-state index in [0.29, 0.717) is 6.07 Å². The van der Waals surface area contributed by atoms with Crippen LogP contribution in [0.15, 0.2) is 12.1 Å². The molecule has 0 spiro atoms. The first-order chi connectivity index (χ1) is 8.36. The fraction of sp³-hybridized carbons (Fsp3) is 0.333. The van der Waals surface area contributed by atoms with Crippen molar-refractivity contribution in [3.8, 4) is 6.07 Å². The van der Waals surface area contributed by atoms with Crippen molar-refractivity contribution >= 4 is 11.6 Å². The van der Waals surface area contributed by atoms with Crippen LogP contribution in [0, 0.1) is 28.9 Å². The van der Waals surface area contributed by atoms with Gasteiger partial charge in [0.15, 0.2) is 0 Å². The number of nitrogens with zero attached hydrogens (tertiary/aromatic N) is 2. The summed E-state index contributed by atoms with van der Waals surface area (Å²) in [6.45, 7) is 1.80. The van der Waals surface area contributed by atoms with Crippen molar-refractivity contribution < 1.29 is 13.6 Å². The number of nitriles is 1. The van der Waals surface area contributed by atoms with Gasteiger partial charge in [0.05, 0.1) is 23.2 Å². The zero-order valence-electron chi connectivity index (χ0n) is 10.1.